The molecule has 2 aromatic rings. The Bertz CT molecular complexity index is 617. The van der Waals surface area contributed by atoms with Crippen LogP contribution in [0.4, 0.5) is 5.69 Å². The van der Waals surface area contributed by atoms with Gasteiger partial charge in [-0.15, -0.1) is 0 Å². The Morgan fingerprint density at radius 1 is 1.14 bits per heavy atom. The van der Waals surface area contributed by atoms with Crippen LogP contribution in [-0.2, 0) is 16.1 Å². The van der Waals surface area contributed by atoms with Crippen LogP contribution in [0.25, 0.3) is 0 Å². The molecule has 6 nitrogen and oxygen atoms in total. The third-order valence-corrected chi connectivity index (χ3v) is 3.01. The van der Waals surface area contributed by atoms with Crippen LogP contribution in [0, 0.1) is 0 Å². The lowest BCUT2D eigenvalue weighted by atomic mass is 10.1. The molecule has 1 amide bonds. The van der Waals surface area contributed by atoms with Crippen LogP contribution >= 0.6 is 0 Å². The second-order valence-electron chi connectivity index (χ2n) is 4.75. The molecule has 1 aromatic carbocycles. The summed E-state index contributed by atoms with van der Waals surface area (Å²) in [6.45, 7) is 0.369. The molecule has 0 aliphatic carbocycles. The first kappa shape index (κ1) is 15.7. The summed E-state index contributed by atoms with van der Waals surface area (Å²) in [5.41, 5.74) is 1.51. The van der Waals surface area contributed by atoms with Crippen molar-refractivity contribution in [3.8, 4) is 0 Å². The van der Waals surface area contributed by atoms with Gasteiger partial charge < -0.3 is 15.7 Å². The Hall–Kier alpha value is -2.73. The van der Waals surface area contributed by atoms with Gasteiger partial charge in [0.15, 0.2) is 0 Å². The van der Waals surface area contributed by atoms with E-state index in [9.17, 15) is 9.59 Å². The molecule has 0 bridgehead atoms. The van der Waals surface area contributed by atoms with Gasteiger partial charge in [0.05, 0.1) is 12.5 Å². The monoisotopic (exact) mass is 299 g/mol. The highest BCUT2D eigenvalue weighted by atomic mass is 16.4. The Labute approximate surface area is 128 Å². The maximum atomic E-state index is 12.2. The first-order chi connectivity index (χ1) is 10.6. The molecule has 0 aliphatic heterocycles. The van der Waals surface area contributed by atoms with Gasteiger partial charge in [0.1, 0.15) is 0 Å². The highest BCUT2D eigenvalue weighted by molar-refractivity contribution is 5.96. The number of hydrogen-bond acceptors (Lipinski definition) is 4. The highest BCUT2D eigenvalue weighted by Gasteiger charge is 2.21. The molecule has 0 unspecified atom stereocenters. The average molecular weight is 299 g/mol. The largest absolute Gasteiger partial charge is 0.481 e. The summed E-state index contributed by atoms with van der Waals surface area (Å²) in [5, 5.41) is 14.6. The Morgan fingerprint density at radius 3 is 2.55 bits per heavy atom. The van der Waals surface area contributed by atoms with Crippen LogP contribution in [-0.4, -0.2) is 28.0 Å². The minimum Gasteiger partial charge on any atom is -0.481 e. The summed E-state index contributed by atoms with van der Waals surface area (Å²) in [4.78, 5) is 27.1. The summed E-state index contributed by atoms with van der Waals surface area (Å²) in [6, 6.07) is 11.7. The minimum atomic E-state index is -1.04. The van der Waals surface area contributed by atoms with Gasteiger partial charge in [0.2, 0.25) is 5.91 Å². The quantitative estimate of drug-likeness (QED) is 0.723. The van der Waals surface area contributed by atoms with Crippen molar-refractivity contribution in [1.29, 1.82) is 0 Å². The lowest BCUT2D eigenvalue weighted by molar-refractivity contribution is -0.139. The number of nitrogens with one attached hydrogen (secondary N) is 2. The molecule has 0 aliphatic rings. The normalized spacial score (nSPS) is 11.6. The predicted molar refractivity (Wildman–Crippen MR) is 82.2 cm³/mol. The number of carbonyl (C=O) groups is 2. The lowest BCUT2D eigenvalue weighted by Gasteiger charge is -2.16. The number of nitrogens with zero attached hydrogens (tertiary/aromatic N) is 1. The molecule has 1 heterocycles. The van der Waals surface area contributed by atoms with Crippen molar-refractivity contribution in [1.82, 2.24) is 10.3 Å². The zero-order valence-corrected chi connectivity index (χ0v) is 11.9. The van der Waals surface area contributed by atoms with Gasteiger partial charge in [-0.25, -0.2) is 0 Å². The number of carboxylic acid groups (broad SMARTS) is 1. The number of carboxylic acids is 1. The smallest absolute Gasteiger partial charge is 0.305 e. The van der Waals surface area contributed by atoms with Gasteiger partial charge >= 0.3 is 5.97 Å². The number of para-hydroxylation sites is 1. The molecule has 0 saturated heterocycles. The van der Waals surface area contributed by atoms with Crippen molar-refractivity contribution >= 4 is 17.6 Å². The summed E-state index contributed by atoms with van der Waals surface area (Å²) in [6.07, 6.45) is 3.03. The number of hydrogen-bond donors (Lipinski definition) is 3. The topological polar surface area (TPSA) is 91.3 Å². The fourth-order valence-electron chi connectivity index (χ4n) is 1.93. The van der Waals surface area contributed by atoms with Crippen molar-refractivity contribution < 1.29 is 14.7 Å². The zero-order valence-electron chi connectivity index (χ0n) is 11.9. The SMILES string of the molecule is O=C(O)C[C@H](NCc1cccnc1)C(=O)Nc1ccccc1. The number of rotatable bonds is 7. The second kappa shape index (κ2) is 7.90. The fraction of sp³-hybridized carbons (Fsp3) is 0.188. The molecule has 1 atom stereocenters. The van der Waals surface area contributed by atoms with E-state index < -0.39 is 12.0 Å². The van der Waals surface area contributed by atoms with E-state index in [1.807, 2.05) is 12.1 Å². The Kier molecular flexibility index (Phi) is 5.62. The first-order valence-corrected chi connectivity index (χ1v) is 6.85. The van der Waals surface area contributed by atoms with E-state index in [1.54, 1.807) is 42.7 Å². The van der Waals surface area contributed by atoms with Crippen molar-refractivity contribution in [2.24, 2.45) is 0 Å². The number of aliphatic carboxylic acids is 1. The van der Waals surface area contributed by atoms with E-state index in [2.05, 4.69) is 15.6 Å². The molecule has 2 rings (SSSR count). The van der Waals surface area contributed by atoms with Gasteiger partial charge in [0, 0.05) is 24.6 Å². The van der Waals surface area contributed by atoms with E-state index in [-0.39, 0.29) is 12.3 Å². The van der Waals surface area contributed by atoms with Crippen LogP contribution < -0.4 is 10.6 Å². The molecule has 114 valence electrons. The van der Waals surface area contributed by atoms with E-state index in [1.165, 1.54) is 0 Å². The van der Waals surface area contributed by atoms with E-state index in [4.69, 9.17) is 5.11 Å². The van der Waals surface area contributed by atoms with Crippen LogP contribution in [0.1, 0.15) is 12.0 Å². The van der Waals surface area contributed by atoms with Crippen LogP contribution in [0.2, 0.25) is 0 Å². The predicted octanol–water partition coefficient (Wildman–Crippen LogP) is 1.65. The summed E-state index contributed by atoms with van der Waals surface area (Å²) in [7, 11) is 0. The van der Waals surface area contributed by atoms with E-state index in [0.29, 0.717) is 12.2 Å². The lowest BCUT2D eigenvalue weighted by Crippen LogP contribution is -2.41. The number of carbonyl (C=O) groups excluding carboxylic acids is 1. The van der Waals surface area contributed by atoms with Gasteiger partial charge in [-0.05, 0) is 23.8 Å². The summed E-state index contributed by atoms with van der Waals surface area (Å²) < 4.78 is 0. The van der Waals surface area contributed by atoms with Crippen molar-refractivity contribution in [2.75, 3.05) is 5.32 Å². The zero-order chi connectivity index (χ0) is 15.8. The number of aromatic nitrogens is 1. The molecule has 0 radical (unpaired) electrons. The molecule has 22 heavy (non-hydrogen) atoms. The molecular formula is C16H17N3O3. The molecule has 0 saturated carbocycles. The molecule has 6 heteroatoms. The van der Waals surface area contributed by atoms with Crippen LogP contribution in [0.15, 0.2) is 54.9 Å². The maximum Gasteiger partial charge on any atom is 0.305 e. The third kappa shape index (κ3) is 4.99. The first-order valence-electron chi connectivity index (χ1n) is 6.85. The Morgan fingerprint density at radius 2 is 1.91 bits per heavy atom. The molecule has 0 spiro atoms. The summed E-state index contributed by atoms with van der Waals surface area (Å²) in [5.74, 6) is -1.41. The van der Waals surface area contributed by atoms with Gasteiger partial charge in [-0.1, -0.05) is 24.3 Å². The molecule has 3 N–H and O–H groups in total. The maximum absolute atomic E-state index is 12.2. The number of pyridine rings is 1. The van der Waals surface area contributed by atoms with Gasteiger partial charge in [0.25, 0.3) is 0 Å². The van der Waals surface area contributed by atoms with Crippen LogP contribution in [0.3, 0.4) is 0 Å². The minimum absolute atomic E-state index is 0.293. The van der Waals surface area contributed by atoms with Gasteiger partial charge in [-0.2, -0.15) is 0 Å². The molecule has 1 aromatic heterocycles. The summed E-state index contributed by atoms with van der Waals surface area (Å²) >= 11 is 0. The number of anilines is 1. The van der Waals surface area contributed by atoms with Crippen LogP contribution in [0.5, 0.6) is 0 Å². The van der Waals surface area contributed by atoms with E-state index >= 15 is 0 Å². The van der Waals surface area contributed by atoms with E-state index in [0.717, 1.165) is 5.56 Å². The molecular weight excluding hydrogens is 282 g/mol. The Balaban J connectivity index is 1.98. The fourth-order valence-corrected chi connectivity index (χ4v) is 1.93. The second-order valence-corrected chi connectivity index (χ2v) is 4.75. The van der Waals surface area contributed by atoms with Gasteiger partial charge in [-0.3, -0.25) is 14.6 Å². The number of benzene rings is 1. The number of amides is 1. The average Bonchev–Trinajstić information content (AvgIpc) is 2.53. The molecule has 0 fully saturated rings. The van der Waals surface area contributed by atoms with Crippen molar-refractivity contribution in [3.05, 3.63) is 60.4 Å². The highest BCUT2D eigenvalue weighted by Crippen LogP contribution is 2.07. The van der Waals surface area contributed by atoms with Crippen molar-refractivity contribution in [3.63, 3.8) is 0 Å². The van der Waals surface area contributed by atoms with Crippen molar-refractivity contribution in [2.45, 2.75) is 19.0 Å². The standard InChI is InChI=1S/C16H17N3O3/c20-15(21)9-14(18-11-12-5-4-8-17-10-12)16(22)19-13-6-2-1-3-7-13/h1-8,10,14,18H,9,11H2,(H,19,22)(H,20,21)/t14-/m0/s1. The third-order valence-electron chi connectivity index (χ3n) is 3.01.